The fourth-order valence-corrected chi connectivity index (χ4v) is 4.88. The van der Waals surface area contributed by atoms with E-state index >= 15 is 0 Å². The molecule has 1 aromatic rings. The molecule has 2 amide bonds. The topological polar surface area (TPSA) is 193 Å². The number of thiazole rings is 1. The van der Waals surface area contributed by atoms with Gasteiger partial charge in [0, 0.05) is 5.38 Å². The minimum Gasteiger partial charge on any atom is -0.731 e. The third-order valence-electron chi connectivity index (χ3n) is 3.29. The largest absolute Gasteiger partial charge is 1.00 e. The van der Waals surface area contributed by atoms with Gasteiger partial charge in [0.2, 0.25) is 0 Å². The van der Waals surface area contributed by atoms with Crippen LogP contribution in [0.15, 0.2) is 10.5 Å². The molecule has 0 aromatic carbocycles. The number of amides is 2. The number of nitrogens with two attached hydrogens (primary N) is 1. The van der Waals surface area contributed by atoms with Crippen LogP contribution in [-0.4, -0.2) is 77.1 Å². The van der Waals surface area contributed by atoms with E-state index in [0.717, 1.165) is 18.4 Å². The van der Waals surface area contributed by atoms with Crippen molar-refractivity contribution in [3.8, 4) is 0 Å². The fourth-order valence-electron chi connectivity index (χ4n) is 2.09. The third-order valence-corrected chi connectivity index (χ3v) is 6.21. The Hall–Kier alpha value is -1.43. The van der Waals surface area contributed by atoms with Gasteiger partial charge < -0.3 is 25.2 Å². The summed E-state index contributed by atoms with van der Waals surface area (Å²) in [6, 6.07) is -1.40. The molecule has 29 heavy (non-hydrogen) atoms. The van der Waals surface area contributed by atoms with Crippen LogP contribution in [0.2, 0.25) is 0 Å². The Bertz CT molecular complexity index is 920. The number of rotatable bonds is 8. The number of aromatic nitrogens is 1. The number of hydrogen-bond donors (Lipinski definition) is 2. The quantitative estimate of drug-likeness (QED) is 0.0914. The maximum atomic E-state index is 12.5. The van der Waals surface area contributed by atoms with E-state index in [2.05, 4.69) is 25.0 Å². The molecule has 0 radical (unpaired) electrons. The minimum atomic E-state index is -5.14. The van der Waals surface area contributed by atoms with Crippen molar-refractivity contribution in [2.75, 3.05) is 25.7 Å². The summed E-state index contributed by atoms with van der Waals surface area (Å²) in [4.78, 5) is 44.3. The van der Waals surface area contributed by atoms with Crippen LogP contribution < -0.4 is 40.6 Å². The van der Waals surface area contributed by atoms with E-state index in [-0.39, 0.29) is 56.2 Å². The van der Waals surface area contributed by atoms with Crippen LogP contribution in [0.1, 0.15) is 5.69 Å². The number of hydrogen-bond acceptors (Lipinski definition) is 13. The number of oxime groups is 1. The summed E-state index contributed by atoms with van der Waals surface area (Å²) in [6.45, 7) is 0. The average Bonchev–Trinajstić information content (AvgIpc) is 3.04. The molecule has 0 unspecified atom stereocenters. The van der Waals surface area contributed by atoms with Crippen molar-refractivity contribution in [3.05, 3.63) is 11.1 Å². The average molecular weight is 475 g/mol. The molecule has 17 heteroatoms. The van der Waals surface area contributed by atoms with Crippen LogP contribution in [0, 0.1) is 0 Å². The van der Waals surface area contributed by atoms with Gasteiger partial charge in [-0.15, -0.1) is 23.1 Å². The molecule has 13 nitrogen and oxygen atoms in total. The predicted molar refractivity (Wildman–Crippen MR) is 96.8 cm³/mol. The van der Waals surface area contributed by atoms with Gasteiger partial charge in [-0.3, -0.25) is 14.4 Å². The van der Waals surface area contributed by atoms with Crippen molar-refractivity contribution in [2.45, 2.75) is 11.4 Å². The Morgan fingerprint density at radius 2 is 2.14 bits per heavy atom. The zero-order chi connectivity index (χ0) is 21.1. The van der Waals surface area contributed by atoms with Crippen LogP contribution in [0.25, 0.3) is 0 Å². The molecule has 2 heterocycles. The minimum absolute atomic E-state index is 0. The van der Waals surface area contributed by atoms with Crippen molar-refractivity contribution < 1.29 is 66.5 Å². The SMILES string of the molecule is CO/N=C(/C(=O)N[C@@H]1C(=O)N(S(=O)(=O)[O-])[C@@H]1SCC(=O)OC)c1csc(N)n1.[Na+]. The zero-order valence-electron chi connectivity index (χ0n) is 15.3. The number of β-lactam (4-membered cyclic amide) rings is 1. The first-order valence-electron chi connectivity index (χ1n) is 7.21. The van der Waals surface area contributed by atoms with Gasteiger partial charge in [-0.25, -0.2) is 17.7 Å². The van der Waals surface area contributed by atoms with E-state index in [4.69, 9.17) is 5.73 Å². The second-order valence-electron chi connectivity index (χ2n) is 5.01. The molecule has 0 spiro atoms. The van der Waals surface area contributed by atoms with E-state index in [9.17, 15) is 27.4 Å². The van der Waals surface area contributed by atoms with Gasteiger partial charge in [-0.05, 0) is 0 Å². The van der Waals surface area contributed by atoms with Gasteiger partial charge in [-0.2, -0.15) is 0 Å². The number of carbonyl (C=O) groups excluding carboxylic acids is 3. The van der Waals surface area contributed by atoms with Crippen LogP contribution in [-0.2, 0) is 34.3 Å². The Morgan fingerprint density at radius 1 is 1.48 bits per heavy atom. The summed E-state index contributed by atoms with van der Waals surface area (Å²) in [5, 5.41) is 6.04. The van der Waals surface area contributed by atoms with E-state index in [0.29, 0.717) is 11.8 Å². The Morgan fingerprint density at radius 3 is 2.62 bits per heavy atom. The molecule has 2 rings (SSSR count). The first kappa shape index (κ1) is 25.6. The van der Waals surface area contributed by atoms with E-state index in [1.807, 2.05) is 0 Å². The van der Waals surface area contributed by atoms with E-state index in [1.54, 1.807) is 0 Å². The molecular weight excluding hydrogens is 461 g/mol. The van der Waals surface area contributed by atoms with E-state index in [1.165, 1.54) is 12.5 Å². The molecule has 1 aliphatic heterocycles. The molecule has 3 N–H and O–H groups in total. The third kappa shape index (κ3) is 6.03. The van der Waals surface area contributed by atoms with Gasteiger partial charge in [-0.1, -0.05) is 5.16 Å². The van der Waals surface area contributed by atoms with Crippen LogP contribution in [0.5, 0.6) is 0 Å². The second kappa shape index (κ2) is 10.6. The molecule has 1 aromatic heterocycles. The molecule has 1 aliphatic rings. The van der Waals surface area contributed by atoms with Crippen molar-refractivity contribution in [2.24, 2.45) is 5.16 Å². The number of esters is 1. The maximum absolute atomic E-state index is 12.5. The molecule has 0 bridgehead atoms. The number of ether oxygens (including phenoxy) is 1. The summed E-state index contributed by atoms with van der Waals surface area (Å²) < 4.78 is 38.3. The van der Waals surface area contributed by atoms with Gasteiger partial charge in [0.05, 0.1) is 12.9 Å². The molecule has 2 atom stereocenters. The second-order valence-corrected chi connectivity index (χ2v) is 8.26. The summed E-state index contributed by atoms with van der Waals surface area (Å²) in [6.07, 6.45) is 0. The number of nitrogens with one attached hydrogen (secondary N) is 1. The molecule has 154 valence electrons. The Balaban J connectivity index is 0.00000420. The van der Waals surface area contributed by atoms with Crippen molar-refractivity contribution in [1.82, 2.24) is 14.6 Å². The molecular formula is C12H14N5NaO8S3. The van der Waals surface area contributed by atoms with Crippen LogP contribution >= 0.6 is 23.1 Å². The summed E-state index contributed by atoms with van der Waals surface area (Å²) >= 11 is 1.67. The number of thioether (sulfide) groups is 1. The monoisotopic (exact) mass is 475 g/mol. The molecule has 1 saturated heterocycles. The summed E-state index contributed by atoms with van der Waals surface area (Å²) in [7, 11) is -2.85. The molecule has 0 saturated carbocycles. The summed E-state index contributed by atoms with van der Waals surface area (Å²) in [5.41, 5.74) is 5.27. The Kier molecular flexibility index (Phi) is 9.32. The maximum Gasteiger partial charge on any atom is 1.00 e. The standard InChI is InChI=1S/C12H15N5O8S3.Na/c1-24-6(18)4-26-11-8(10(20)17(11)28(21,22)23)15-9(19)7(16-25-2)5-3-27-12(13)14-5;/h3,8,11H,4H2,1-2H3,(H2,13,14)(H,15,19)(H,21,22,23);/q;+1/p-1/b16-7+;/t8-,11-;/m1./s1. The molecule has 1 fully saturated rings. The van der Waals surface area contributed by atoms with Crippen LogP contribution in [0.4, 0.5) is 5.13 Å². The van der Waals surface area contributed by atoms with Gasteiger partial charge >= 0.3 is 35.5 Å². The van der Waals surface area contributed by atoms with Crippen molar-refractivity contribution >= 4 is 62.0 Å². The number of carbonyl (C=O) groups is 3. The number of nitrogens with zero attached hydrogens (tertiary/aromatic N) is 3. The van der Waals surface area contributed by atoms with Crippen molar-refractivity contribution in [1.29, 1.82) is 0 Å². The number of anilines is 1. The Labute approximate surface area is 195 Å². The van der Waals surface area contributed by atoms with Gasteiger partial charge in [0.1, 0.15) is 24.2 Å². The zero-order valence-corrected chi connectivity index (χ0v) is 19.8. The van der Waals surface area contributed by atoms with Crippen LogP contribution in [0.3, 0.4) is 0 Å². The van der Waals surface area contributed by atoms with E-state index < -0.39 is 39.5 Å². The van der Waals surface area contributed by atoms with Crippen molar-refractivity contribution in [3.63, 3.8) is 0 Å². The number of nitrogen functional groups attached to an aromatic ring is 1. The molecule has 0 aliphatic carbocycles. The van der Waals surface area contributed by atoms with Gasteiger partial charge in [0.25, 0.3) is 11.8 Å². The first-order valence-corrected chi connectivity index (χ1v) is 10.5. The fraction of sp³-hybridized carbons (Fsp3) is 0.417. The summed E-state index contributed by atoms with van der Waals surface area (Å²) in [5.74, 6) is -3.14. The normalized spacial score (nSPS) is 19.1. The predicted octanol–water partition coefficient (Wildman–Crippen LogP) is -4.90. The first-order chi connectivity index (χ1) is 13.1. The number of methoxy groups -OCH3 is 1. The smallest absolute Gasteiger partial charge is 0.731 e. The van der Waals surface area contributed by atoms with Gasteiger partial charge in [0.15, 0.2) is 21.1 Å².